The average molecular weight is 616 g/mol. The largest absolute Gasteiger partial charge is 0.309 e. The normalized spacial score (nSPS) is 11.8. The van der Waals surface area contributed by atoms with Crippen LogP contribution in [0.5, 0.6) is 0 Å². The van der Waals surface area contributed by atoms with Crippen molar-refractivity contribution < 1.29 is 0 Å². The van der Waals surface area contributed by atoms with Gasteiger partial charge in [-0.15, -0.1) is 11.3 Å². The SMILES string of the molecule is N#Cc1ccc2sc3ccc(-n4c5ccccc5c5cc(-c6ccc7c(c6)c6ccccc6n7-c6ccccc6)ccc54)cc3c2c1. The van der Waals surface area contributed by atoms with Crippen LogP contribution < -0.4 is 0 Å². The van der Waals surface area contributed by atoms with Gasteiger partial charge in [-0.05, 0) is 96.1 Å². The summed E-state index contributed by atoms with van der Waals surface area (Å²) in [6.07, 6.45) is 0. The van der Waals surface area contributed by atoms with Crippen LogP contribution in [0.2, 0.25) is 0 Å². The highest BCUT2D eigenvalue weighted by Crippen LogP contribution is 2.40. The number of benzene rings is 7. The molecule has 0 unspecified atom stereocenters. The zero-order valence-corrected chi connectivity index (χ0v) is 26.0. The molecule has 0 N–H and O–H groups in total. The summed E-state index contributed by atoms with van der Waals surface area (Å²) >= 11 is 1.77. The molecule has 0 aliphatic rings. The lowest BCUT2D eigenvalue weighted by Gasteiger charge is -2.10. The van der Waals surface area contributed by atoms with Gasteiger partial charge in [0.1, 0.15) is 0 Å². The number of nitriles is 1. The predicted molar refractivity (Wildman–Crippen MR) is 198 cm³/mol. The first-order valence-corrected chi connectivity index (χ1v) is 16.6. The van der Waals surface area contributed by atoms with Gasteiger partial charge in [0.15, 0.2) is 0 Å². The molecule has 47 heavy (non-hydrogen) atoms. The fraction of sp³-hybridized carbons (Fsp3) is 0. The van der Waals surface area contributed by atoms with Crippen LogP contribution in [0.4, 0.5) is 0 Å². The molecule has 0 bridgehead atoms. The molecule has 3 nitrogen and oxygen atoms in total. The maximum Gasteiger partial charge on any atom is 0.0991 e. The Labute approximate surface area is 274 Å². The minimum absolute atomic E-state index is 0.690. The van der Waals surface area contributed by atoms with E-state index >= 15 is 0 Å². The lowest BCUT2D eigenvalue weighted by atomic mass is 10.0. The van der Waals surface area contributed by atoms with Gasteiger partial charge in [0.05, 0.1) is 33.7 Å². The molecule has 3 heterocycles. The van der Waals surface area contributed by atoms with Crippen molar-refractivity contribution >= 4 is 75.1 Å². The number of para-hydroxylation sites is 3. The van der Waals surface area contributed by atoms with Crippen LogP contribution >= 0.6 is 11.3 Å². The maximum absolute atomic E-state index is 9.55. The van der Waals surface area contributed by atoms with Crippen molar-refractivity contribution in [1.82, 2.24) is 9.13 Å². The summed E-state index contributed by atoms with van der Waals surface area (Å²) in [4.78, 5) is 0. The third kappa shape index (κ3) is 3.85. The molecule has 0 radical (unpaired) electrons. The Morgan fingerprint density at radius 1 is 0.404 bits per heavy atom. The smallest absolute Gasteiger partial charge is 0.0991 e. The van der Waals surface area contributed by atoms with Crippen LogP contribution in [-0.4, -0.2) is 9.13 Å². The van der Waals surface area contributed by atoms with Gasteiger partial charge in [-0.3, -0.25) is 0 Å². The third-order valence-electron chi connectivity index (χ3n) is 9.53. The highest BCUT2D eigenvalue weighted by atomic mass is 32.1. The van der Waals surface area contributed by atoms with Gasteiger partial charge in [-0.25, -0.2) is 0 Å². The summed E-state index contributed by atoms with van der Waals surface area (Å²) in [7, 11) is 0. The van der Waals surface area contributed by atoms with E-state index in [4.69, 9.17) is 0 Å². The number of aromatic nitrogens is 2. The molecule has 218 valence electrons. The second-order valence-electron chi connectivity index (χ2n) is 12.1. The minimum Gasteiger partial charge on any atom is -0.309 e. The molecule has 10 aromatic rings. The van der Waals surface area contributed by atoms with Crippen molar-refractivity contribution in [3.63, 3.8) is 0 Å². The Morgan fingerprint density at radius 3 is 1.57 bits per heavy atom. The van der Waals surface area contributed by atoms with E-state index in [1.165, 1.54) is 75.2 Å². The number of hydrogen-bond acceptors (Lipinski definition) is 2. The highest BCUT2D eigenvalue weighted by molar-refractivity contribution is 7.25. The van der Waals surface area contributed by atoms with Crippen molar-refractivity contribution in [2.45, 2.75) is 0 Å². The minimum atomic E-state index is 0.690. The number of nitrogens with zero attached hydrogens (tertiary/aromatic N) is 3. The van der Waals surface area contributed by atoms with Gasteiger partial charge in [0, 0.05) is 53.1 Å². The number of thiophene rings is 1. The Bertz CT molecular complexity index is 2910. The second kappa shape index (κ2) is 9.92. The molecule has 0 saturated heterocycles. The van der Waals surface area contributed by atoms with E-state index < -0.39 is 0 Å². The van der Waals surface area contributed by atoms with E-state index in [9.17, 15) is 5.26 Å². The second-order valence-corrected chi connectivity index (χ2v) is 13.2. The Hall–Kier alpha value is -6.15. The molecule has 0 aliphatic carbocycles. The van der Waals surface area contributed by atoms with Crippen LogP contribution in [0.15, 0.2) is 152 Å². The molecular weight excluding hydrogens is 591 g/mol. The number of fused-ring (bicyclic) bond motifs is 9. The van der Waals surface area contributed by atoms with Crippen LogP contribution in [-0.2, 0) is 0 Å². The van der Waals surface area contributed by atoms with Gasteiger partial charge in [0.25, 0.3) is 0 Å². The summed E-state index contributed by atoms with van der Waals surface area (Å²) in [5.74, 6) is 0. The standard InChI is InChI=1S/C43H25N3S/c44-26-27-14-20-42-36(22-27)37-25-31(17-21-43(37)47-42)46-39-13-7-5-11-33(39)35-24-29(16-19-41(35)46)28-15-18-40-34(23-28)32-10-4-6-12-38(32)45(40)30-8-2-1-3-9-30/h1-25H. The molecular formula is C43H25N3S. The molecule has 0 aliphatic heterocycles. The zero-order chi connectivity index (χ0) is 31.1. The van der Waals surface area contributed by atoms with Crippen LogP contribution in [0.1, 0.15) is 5.56 Å². The molecule has 0 saturated carbocycles. The molecule has 7 aromatic carbocycles. The molecule has 10 rings (SSSR count). The molecule has 3 aromatic heterocycles. The van der Waals surface area contributed by atoms with E-state index in [0.29, 0.717) is 5.56 Å². The first-order chi connectivity index (χ1) is 23.2. The Kier molecular flexibility index (Phi) is 5.51. The monoisotopic (exact) mass is 615 g/mol. The van der Waals surface area contributed by atoms with Crippen molar-refractivity contribution in [3.8, 4) is 28.6 Å². The summed E-state index contributed by atoms with van der Waals surface area (Å²) in [6, 6.07) is 56.7. The number of hydrogen-bond donors (Lipinski definition) is 0. The fourth-order valence-electron chi connectivity index (χ4n) is 7.41. The zero-order valence-electron chi connectivity index (χ0n) is 25.2. The molecule has 0 spiro atoms. The van der Waals surface area contributed by atoms with Gasteiger partial charge in [-0.1, -0.05) is 66.7 Å². The average Bonchev–Trinajstić information content (AvgIpc) is 3.78. The quantitative estimate of drug-likeness (QED) is 0.195. The Balaban J connectivity index is 1.17. The van der Waals surface area contributed by atoms with Crippen LogP contribution in [0.3, 0.4) is 0 Å². The summed E-state index contributed by atoms with van der Waals surface area (Å²) in [6.45, 7) is 0. The summed E-state index contributed by atoms with van der Waals surface area (Å²) in [5, 5.41) is 16.8. The lowest BCUT2D eigenvalue weighted by Crippen LogP contribution is -1.93. The van der Waals surface area contributed by atoms with E-state index in [1.807, 2.05) is 12.1 Å². The van der Waals surface area contributed by atoms with Crippen molar-refractivity contribution in [1.29, 1.82) is 5.26 Å². The third-order valence-corrected chi connectivity index (χ3v) is 10.7. The topological polar surface area (TPSA) is 33.6 Å². The summed E-state index contributed by atoms with van der Waals surface area (Å²) < 4.78 is 7.17. The fourth-order valence-corrected chi connectivity index (χ4v) is 8.48. The van der Waals surface area contributed by atoms with Crippen LogP contribution in [0.25, 0.3) is 86.3 Å². The molecule has 0 fully saturated rings. The molecule has 0 atom stereocenters. The van der Waals surface area contributed by atoms with Gasteiger partial charge in [0.2, 0.25) is 0 Å². The van der Waals surface area contributed by atoms with E-state index in [2.05, 4.69) is 155 Å². The maximum atomic E-state index is 9.55. The van der Waals surface area contributed by atoms with Crippen molar-refractivity contribution in [2.75, 3.05) is 0 Å². The van der Waals surface area contributed by atoms with Crippen LogP contribution in [0, 0.1) is 11.3 Å². The predicted octanol–water partition coefficient (Wildman–Crippen LogP) is 11.8. The summed E-state index contributed by atoms with van der Waals surface area (Å²) in [5.41, 5.74) is 10.1. The van der Waals surface area contributed by atoms with Gasteiger partial charge < -0.3 is 9.13 Å². The van der Waals surface area contributed by atoms with E-state index in [-0.39, 0.29) is 0 Å². The van der Waals surface area contributed by atoms with E-state index in [0.717, 1.165) is 11.1 Å². The van der Waals surface area contributed by atoms with Crippen molar-refractivity contribution in [2.24, 2.45) is 0 Å². The van der Waals surface area contributed by atoms with E-state index in [1.54, 1.807) is 11.3 Å². The molecule has 4 heteroatoms. The Morgan fingerprint density at radius 2 is 0.936 bits per heavy atom. The number of rotatable bonds is 3. The van der Waals surface area contributed by atoms with Gasteiger partial charge in [-0.2, -0.15) is 5.26 Å². The van der Waals surface area contributed by atoms with Gasteiger partial charge >= 0.3 is 0 Å². The van der Waals surface area contributed by atoms with Crippen molar-refractivity contribution in [3.05, 3.63) is 157 Å². The first-order valence-electron chi connectivity index (χ1n) is 15.7. The first kappa shape index (κ1) is 26.1. The highest BCUT2D eigenvalue weighted by Gasteiger charge is 2.17. The lowest BCUT2D eigenvalue weighted by molar-refractivity contribution is 1.18. The molecule has 0 amide bonds.